The first kappa shape index (κ1) is 24.2. The Labute approximate surface area is 170 Å². The predicted octanol–water partition coefficient (Wildman–Crippen LogP) is 5.55. The molecule has 1 heterocycles. The van der Waals surface area contributed by atoms with Crippen molar-refractivity contribution in [1.29, 1.82) is 0 Å². The number of unbranched alkanes of at least 4 members (excludes halogenated alkanes) is 10. The summed E-state index contributed by atoms with van der Waals surface area (Å²) in [6, 6.07) is 1.59. The Balaban J connectivity index is 2.27. The number of anilines is 1. The minimum Gasteiger partial charge on any atom is -0.363 e. The molecule has 0 atom stereocenters. The molecule has 28 heavy (non-hydrogen) atoms. The van der Waals surface area contributed by atoms with Crippen LogP contribution in [0, 0.1) is 0 Å². The molecule has 1 aromatic heterocycles. The van der Waals surface area contributed by atoms with E-state index in [0.29, 0.717) is 18.8 Å². The number of hydrogen-bond acceptors (Lipinski definition) is 4. The van der Waals surface area contributed by atoms with Crippen molar-refractivity contribution in [2.45, 2.75) is 97.3 Å². The maximum absolute atomic E-state index is 12.6. The number of nitrogens with one attached hydrogen (secondary N) is 1. The molecule has 0 aliphatic rings. The number of aromatic nitrogens is 1. The van der Waals surface area contributed by atoms with Crippen molar-refractivity contribution in [3.8, 4) is 0 Å². The van der Waals surface area contributed by atoms with Crippen LogP contribution in [0.25, 0.3) is 0 Å². The minimum atomic E-state index is -0.231. The topological polar surface area (TPSA) is 75.4 Å². The number of carbonyl (C=O) groups excluding carboxylic acids is 2. The summed E-state index contributed by atoms with van der Waals surface area (Å²) in [5.41, 5.74) is 0. The molecule has 0 saturated carbocycles. The molecule has 160 valence electrons. The number of hydrogen-bond donors (Lipinski definition) is 1. The molecule has 0 aromatic carbocycles. The highest BCUT2D eigenvalue weighted by Crippen LogP contribution is 2.12. The molecular weight excluding hydrogens is 354 g/mol. The van der Waals surface area contributed by atoms with Crippen LogP contribution in [0.3, 0.4) is 0 Å². The van der Waals surface area contributed by atoms with Gasteiger partial charge in [0, 0.05) is 19.0 Å². The highest BCUT2D eigenvalue weighted by molar-refractivity contribution is 5.93. The van der Waals surface area contributed by atoms with Crippen molar-refractivity contribution in [2.75, 3.05) is 18.4 Å². The van der Waals surface area contributed by atoms with Gasteiger partial charge in [-0.1, -0.05) is 83.2 Å². The number of carbonyl (C=O) groups is 2. The Bertz CT molecular complexity index is 517. The molecule has 6 heteroatoms. The van der Waals surface area contributed by atoms with Gasteiger partial charge in [0.05, 0.1) is 6.54 Å². The maximum atomic E-state index is 12.6. The van der Waals surface area contributed by atoms with E-state index in [-0.39, 0.29) is 18.4 Å². The molecule has 2 amide bonds. The van der Waals surface area contributed by atoms with Gasteiger partial charge in [-0.05, 0) is 12.8 Å². The highest BCUT2D eigenvalue weighted by Gasteiger charge is 2.17. The zero-order valence-corrected chi connectivity index (χ0v) is 17.9. The number of amides is 2. The molecule has 0 aliphatic carbocycles. The third-order valence-corrected chi connectivity index (χ3v) is 4.92. The van der Waals surface area contributed by atoms with Crippen LogP contribution in [0.4, 0.5) is 5.82 Å². The van der Waals surface area contributed by atoms with Crippen LogP contribution in [0.5, 0.6) is 0 Å². The Morgan fingerprint density at radius 3 is 2.14 bits per heavy atom. The molecule has 1 N–H and O–H groups in total. The van der Waals surface area contributed by atoms with E-state index in [4.69, 9.17) is 4.52 Å². The average molecular weight is 394 g/mol. The van der Waals surface area contributed by atoms with E-state index in [2.05, 4.69) is 24.3 Å². The van der Waals surface area contributed by atoms with Gasteiger partial charge in [0.15, 0.2) is 5.82 Å². The molecule has 0 saturated heterocycles. The van der Waals surface area contributed by atoms with E-state index in [1.165, 1.54) is 51.2 Å². The fourth-order valence-electron chi connectivity index (χ4n) is 3.22. The molecule has 6 nitrogen and oxygen atoms in total. The summed E-state index contributed by atoms with van der Waals surface area (Å²) in [6.45, 7) is 5.08. The second kappa shape index (κ2) is 16.1. The van der Waals surface area contributed by atoms with Crippen molar-refractivity contribution in [1.82, 2.24) is 10.1 Å². The van der Waals surface area contributed by atoms with Gasteiger partial charge in [0.2, 0.25) is 11.8 Å². The van der Waals surface area contributed by atoms with Crippen molar-refractivity contribution < 1.29 is 14.1 Å². The average Bonchev–Trinajstić information content (AvgIpc) is 3.18. The van der Waals surface area contributed by atoms with Crippen LogP contribution in [0.15, 0.2) is 16.9 Å². The van der Waals surface area contributed by atoms with E-state index in [0.717, 1.165) is 32.1 Å². The van der Waals surface area contributed by atoms with Crippen LogP contribution in [0.2, 0.25) is 0 Å². The molecule has 0 unspecified atom stereocenters. The van der Waals surface area contributed by atoms with Crippen molar-refractivity contribution in [3.63, 3.8) is 0 Å². The molecule has 0 radical (unpaired) electrons. The number of rotatable bonds is 17. The summed E-state index contributed by atoms with van der Waals surface area (Å²) in [5.74, 6) is 0.227. The molecule has 1 rings (SSSR count). The molecule has 0 fully saturated rings. The first-order valence-corrected chi connectivity index (χ1v) is 11.1. The van der Waals surface area contributed by atoms with Gasteiger partial charge >= 0.3 is 0 Å². The van der Waals surface area contributed by atoms with E-state index < -0.39 is 0 Å². The third kappa shape index (κ3) is 11.8. The molecule has 0 bridgehead atoms. The van der Waals surface area contributed by atoms with Gasteiger partial charge in [0.25, 0.3) is 0 Å². The second-order valence-electron chi connectivity index (χ2n) is 7.53. The Morgan fingerprint density at radius 1 is 0.929 bits per heavy atom. The Hall–Kier alpha value is -1.85. The molecular formula is C22H39N3O3. The summed E-state index contributed by atoms with van der Waals surface area (Å²) < 4.78 is 4.71. The van der Waals surface area contributed by atoms with Crippen LogP contribution in [-0.4, -0.2) is 35.0 Å². The van der Waals surface area contributed by atoms with Crippen LogP contribution in [0.1, 0.15) is 97.3 Å². The lowest BCUT2D eigenvalue weighted by Gasteiger charge is -2.22. The zero-order valence-electron chi connectivity index (χ0n) is 17.9. The predicted molar refractivity (Wildman–Crippen MR) is 113 cm³/mol. The summed E-state index contributed by atoms with van der Waals surface area (Å²) in [7, 11) is 0. The van der Waals surface area contributed by atoms with Gasteiger partial charge < -0.3 is 14.7 Å². The smallest absolute Gasteiger partial charge is 0.245 e. The highest BCUT2D eigenvalue weighted by atomic mass is 16.5. The third-order valence-electron chi connectivity index (χ3n) is 4.92. The maximum Gasteiger partial charge on any atom is 0.245 e. The van der Waals surface area contributed by atoms with E-state index >= 15 is 0 Å². The summed E-state index contributed by atoms with van der Waals surface area (Å²) in [4.78, 5) is 26.5. The SMILES string of the molecule is CCCCCCCCCCCC(=O)N(CCCCC)CC(=O)Nc1ccon1. The van der Waals surface area contributed by atoms with Crippen LogP contribution >= 0.6 is 0 Å². The Kier molecular flexibility index (Phi) is 13.9. The van der Waals surface area contributed by atoms with Crippen LogP contribution < -0.4 is 5.32 Å². The second-order valence-corrected chi connectivity index (χ2v) is 7.53. The van der Waals surface area contributed by atoms with Crippen LogP contribution in [-0.2, 0) is 9.59 Å². The van der Waals surface area contributed by atoms with Gasteiger partial charge in [0.1, 0.15) is 6.26 Å². The lowest BCUT2D eigenvalue weighted by atomic mass is 10.1. The first-order valence-electron chi connectivity index (χ1n) is 11.1. The van der Waals surface area contributed by atoms with E-state index in [9.17, 15) is 9.59 Å². The van der Waals surface area contributed by atoms with Gasteiger partial charge in [-0.2, -0.15) is 0 Å². The molecule has 0 aliphatic heterocycles. The first-order chi connectivity index (χ1) is 13.7. The largest absolute Gasteiger partial charge is 0.363 e. The number of nitrogens with zero attached hydrogens (tertiary/aromatic N) is 2. The van der Waals surface area contributed by atoms with Crippen molar-refractivity contribution in [2.24, 2.45) is 0 Å². The summed E-state index contributed by atoms with van der Waals surface area (Å²) >= 11 is 0. The fraction of sp³-hybridized carbons (Fsp3) is 0.773. The summed E-state index contributed by atoms with van der Waals surface area (Å²) in [5, 5.41) is 6.34. The zero-order chi connectivity index (χ0) is 20.5. The lowest BCUT2D eigenvalue weighted by molar-refractivity contribution is -0.134. The van der Waals surface area contributed by atoms with Crippen molar-refractivity contribution in [3.05, 3.63) is 12.3 Å². The summed E-state index contributed by atoms with van der Waals surface area (Å²) in [6.07, 6.45) is 16.1. The van der Waals surface area contributed by atoms with Gasteiger partial charge in [-0.3, -0.25) is 9.59 Å². The molecule has 1 aromatic rings. The standard InChI is InChI=1S/C22H39N3O3/c1-3-5-7-8-9-10-11-12-13-15-22(27)25(17-14-6-4-2)19-21(26)23-20-16-18-28-24-20/h16,18H,3-15,17,19H2,1-2H3,(H,23,24,26). The quantitative estimate of drug-likeness (QED) is 0.352. The minimum absolute atomic E-state index is 0.0762. The lowest BCUT2D eigenvalue weighted by Crippen LogP contribution is -2.38. The normalized spacial score (nSPS) is 10.8. The van der Waals surface area contributed by atoms with Gasteiger partial charge in [-0.25, -0.2) is 0 Å². The van der Waals surface area contributed by atoms with E-state index in [1.807, 2.05) is 0 Å². The monoisotopic (exact) mass is 393 g/mol. The Morgan fingerprint density at radius 2 is 1.54 bits per heavy atom. The fourth-order valence-corrected chi connectivity index (χ4v) is 3.22. The van der Waals surface area contributed by atoms with Crippen molar-refractivity contribution >= 4 is 17.6 Å². The van der Waals surface area contributed by atoms with Gasteiger partial charge in [-0.15, -0.1) is 0 Å². The molecule has 0 spiro atoms. The van der Waals surface area contributed by atoms with E-state index in [1.54, 1.807) is 11.0 Å².